The van der Waals surface area contributed by atoms with Crippen molar-refractivity contribution in [2.45, 2.75) is 26.9 Å². The first-order valence-electron chi connectivity index (χ1n) is 13.0. The Morgan fingerprint density at radius 2 is 1.71 bits per heavy atom. The average Bonchev–Trinajstić information content (AvgIpc) is 3.22. The van der Waals surface area contributed by atoms with Crippen molar-refractivity contribution in [1.29, 1.82) is 0 Å². The summed E-state index contributed by atoms with van der Waals surface area (Å²) < 4.78 is 13.2. The number of nitrogens with one attached hydrogen (secondary N) is 1. The fraction of sp³-hybridized carbons (Fsp3) is 0.429. The van der Waals surface area contributed by atoms with Crippen molar-refractivity contribution in [2.75, 3.05) is 57.4 Å². The number of hydrogen-bond acceptors (Lipinski definition) is 7. The zero-order chi connectivity index (χ0) is 26.8. The fourth-order valence-corrected chi connectivity index (χ4v) is 5.34. The van der Waals surface area contributed by atoms with Gasteiger partial charge in [0.25, 0.3) is 5.91 Å². The van der Waals surface area contributed by atoms with E-state index in [4.69, 9.17) is 21.1 Å². The van der Waals surface area contributed by atoms with Crippen LogP contribution in [0.1, 0.15) is 27.6 Å². The van der Waals surface area contributed by atoms with Crippen LogP contribution >= 0.6 is 48.8 Å². The second-order valence-corrected chi connectivity index (χ2v) is 10.2. The van der Waals surface area contributed by atoms with Crippen molar-refractivity contribution in [2.24, 2.45) is 0 Å². The maximum absolute atomic E-state index is 13.0. The van der Waals surface area contributed by atoms with E-state index in [9.17, 15) is 9.90 Å². The summed E-state index contributed by atoms with van der Waals surface area (Å²) in [5.41, 5.74) is 4.16. The summed E-state index contributed by atoms with van der Waals surface area (Å²) in [5.74, 6) is 1.78. The number of benzene rings is 2. The van der Waals surface area contributed by atoms with Gasteiger partial charge in [0.15, 0.2) is 11.5 Å². The number of aliphatic hydroxyl groups excluding tert-OH is 1. The lowest BCUT2D eigenvalue weighted by molar-refractivity contribution is 0.0847. The van der Waals surface area contributed by atoms with Gasteiger partial charge in [0.05, 0.1) is 17.5 Å². The van der Waals surface area contributed by atoms with E-state index in [-0.39, 0.29) is 49.7 Å². The molecule has 226 valence electrons. The molecule has 13 heteroatoms. The van der Waals surface area contributed by atoms with Gasteiger partial charge in [-0.25, -0.2) is 4.98 Å². The number of carbonyl (C=O) groups excluding carboxylic acids is 1. The summed E-state index contributed by atoms with van der Waals surface area (Å²) in [4.78, 5) is 22.0. The molecule has 1 aromatic heterocycles. The average molecular weight is 649 g/mol. The molecule has 5 rings (SSSR count). The molecule has 1 unspecified atom stereocenters. The molecule has 0 saturated carbocycles. The van der Waals surface area contributed by atoms with Crippen molar-refractivity contribution >= 4 is 60.4 Å². The number of halogens is 4. The standard InChI is InChI=1S/C28H34ClN5O4.3ClH/c1-18-23(29)5-4-6-24(18)33-11-9-32(10-12-33)17-22(35)16-30-28(36)27-19(2)34(20(3)31-27)21-7-8-25-26(15-21)38-14-13-37-25;;;/h4-8,15,22,35H,9-14,16-17H2,1-3H3,(H,30,36);3*1H. The highest BCUT2D eigenvalue weighted by atomic mass is 35.5. The van der Waals surface area contributed by atoms with Gasteiger partial charge in [-0.15, -0.1) is 37.2 Å². The molecule has 9 nitrogen and oxygen atoms in total. The molecular formula is C28H37Cl4N5O4. The van der Waals surface area contributed by atoms with Crippen LogP contribution in [-0.4, -0.2) is 84.1 Å². The smallest absolute Gasteiger partial charge is 0.271 e. The van der Waals surface area contributed by atoms with Crippen LogP contribution in [0.3, 0.4) is 0 Å². The second-order valence-electron chi connectivity index (χ2n) is 9.79. The number of rotatable bonds is 7. The zero-order valence-electron chi connectivity index (χ0n) is 23.3. The first kappa shape index (κ1) is 34.8. The Balaban J connectivity index is 0.00000196. The molecule has 3 aromatic rings. The lowest BCUT2D eigenvalue weighted by Crippen LogP contribution is -2.50. The van der Waals surface area contributed by atoms with Gasteiger partial charge in [-0.05, 0) is 50.6 Å². The molecule has 0 radical (unpaired) electrons. The number of piperazine rings is 1. The predicted molar refractivity (Wildman–Crippen MR) is 169 cm³/mol. The number of anilines is 1. The molecule has 2 N–H and O–H groups in total. The number of carbonyl (C=O) groups is 1. The number of aliphatic hydroxyl groups is 1. The molecule has 1 amide bonds. The Morgan fingerprint density at radius 1 is 1.02 bits per heavy atom. The van der Waals surface area contributed by atoms with Gasteiger partial charge in [-0.2, -0.15) is 0 Å². The highest BCUT2D eigenvalue weighted by molar-refractivity contribution is 6.31. The van der Waals surface area contributed by atoms with E-state index in [0.29, 0.717) is 42.8 Å². The summed E-state index contributed by atoms with van der Waals surface area (Å²) in [6.07, 6.45) is -0.681. The van der Waals surface area contributed by atoms with Crippen LogP contribution in [0, 0.1) is 20.8 Å². The molecule has 2 aliphatic rings. The van der Waals surface area contributed by atoms with E-state index in [1.807, 2.05) is 55.7 Å². The molecule has 3 heterocycles. The molecule has 2 aliphatic heterocycles. The number of β-amino-alcohol motifs (C(OH)–C–C–N with tert-alkyl or cyclic N) is 1. The molecular weight excluding hydrogens is 612 g/mol. The molecule has 2 aromatic carbocycles. The molecule has 41 heavy (non-hydrogen) atoms. The maximum atomic E-state index is 13.0. The minimum atomic E-state index is -0.681. The number of ether oxygens (including phenoxy) is 2. The van der Waals surface area contributed by atoms with Crippen molar-refractivity contribution in [3.05, 3.63) is 64.2 Å². The number of aryl methyl sites for hydroxylation is 1. The zero-order valence-corrected chi connectivity index (χ0v) is 26.5. The van der Waals surface area contributed by atoms with Crippen molar-refractivity contribution < 1.29 is 19.4 Å². The highest BCUT2D eigenvalue weighted by Crippen LogP contribution is 2.33. The van der Waals surface area contributed by atoms with Gasteiger partial charge in [-0.1, -0.05) is 17.7 Å². The number of imidazole rings is 1. The van der Waals surface area contributed by atoms with E-state index >= 15 is 0 Å². The van der Waals surface area contributed by atoms with Crippen molar-refractivity contribution in [1.82, 2.24) is 19.8 Å². The minimum absolute atomic E-state index is 0. The van der Waals surface area contributed by atoms with Crippen molar-refractivity contribution in [3.63, 3.8) is 0 Å². The number of nitrogens with zero attached hydrogens (tertiary/aromatic N) is 4. The van der Waals surface area contributed by atoms with Crippen LogP contribution in [0.15, 0.2) is 36.4 Å². The monoisotopic (exact) mass is 647 g/mol. The SMILES string of the molecule is Cc1c(Cl)cccc1N1CCN(CC(O)CNC(=O)c2nc(C)n(-c3ccc4c(c3)OCCO4)c2C)CC1.Cl.Cl.Cl. The summed E-state index contributed by atoms with van der Waals surface area (Å²) in [6.45, 7) is 10.8. The molecule has 1 saturated heterocycles. The Morgan fingerprint density at radius 3 is 2.41 bits per heavy atom. The highest BCUT2D eigenvalue weighted by Gasteiger charge is 2.23. The third-order valence-corrected chi connectivity index (χ3v) is 7.60. The third-order valence-electron chi connectivity index (χ3n) is 7.19. The Labute approximate surface area is 264 Å². The normalized spacial score (nSPS) is 15.2. The topological polar surface area (TPSA) is 92.1 Å². The lowest BCUT2D eigenvalue weighted by atomic mass is 10.1. The van der Waals surface area contributed by atoms with Crippen LogP contribution in [-0.2, 0) is 0 Å². The van der Waals surface area contributed by atoms with E-state index in [0.717, 1.165) is 53.8 Å². The molecule has 0 bridgehead atoms. The third kappa shape index (κ3) is 7.71. The van der Waals surface area contributed by atoms with Gasteiger partial charge in [0, 0.05) is 56.0 Å². The van der Waals surface area contributed by atoms with Crippen LogP contribution in [0.4, 0.5) is 5.69 Å². The quantitative estimate of drug-likeness (QED) is 0.392. The van der Waals surface area contributed by atoms with E-state index in [1.165, 1.54) is 0 Å². The molecule has 0 spiro atoms. The number of fused-ring (bicyclic) bond motifs is 1. The first-order valence-corrected chi connectivity index (χ1v) is 13.3. The van der Waals surface area contributed by atoms with Crippen LogP contribution in [0.25, 0.3) is 5.69 Å². The van der Waals surface area contributed by atoms with E-state index in [2.05, 4.69) is 26.2 Å². The van der Waals surface area contributed by atoms with Gasteiger partial charge in [-0.3, -0.25) is 9.69 Å². The van der Waals surface area contributed by atoms with Gasteiger partial charge in [0.1, 0.15) is 24.7 Å². The predicted octanol–water partition coefficient (Wildman–Crippen LogP) is 4.40. The van der Waals surface area contributed by atoms with Crippen LogP contribution in [0.5, 0.6) is 11.5 Å². The lowest BCUT2D eigenvalue weighted by Gasteiger charge is -2.37. The Bertz CT molecular complexity index is 1330. The Kier molecular flexibility index (Phi) is 12.9. The Hall–Kier alpha value is -2.40. The molecule has 1 fully saturated rings. The number of hydrogen-bond donors (Lipinski definition) is 2. The van der Waals surface area contributed by atoms with E-state index < -0.39 is 6.10 Å². The maximum Gasteiger partial charge on any atom is 0.271 e. The molecule has 0 aliphatic carbocycles. The second kappa shape index (κ2) is 15.2. The first-order chi connectivity index (χ1) is 18.3. The number of aromatic nitrogens is 2. The summed E-state index contributed by atoms with van der Waals surface area (Å²) in [5, 5.41) is 14.3. The van der Waals surface area contributed by atoms with Gasteiger partial charge in [0.2, 0.25) is 0 Å². The fourth-order valence-electron chi connectivity index (χ4n) is 5.17. The van der Waals surface area contributed by atoms with Crippen molar-refractivity contribution in [3.8, 4) is 17.2 Å². The molecule has 1 atom stereocenters. The number of amides is 1. The summed E-state index contributed by atoms with van der Waals surface area (Å²) in [6, 6.07) is 11.7. The van der Waals surface area contributed by atoms with Gasteiger partial charge < -0.3 is 29.4 Å². The largest absolute Gasteiger partial charge is 0.486 e. The minimum Gasteiger partial charge on any atom is -0.486 e. The summed E-state index contributed by atoms with van der Waals surface area (Å²) >= 11 is 6.29. The van der Waals surface area contributed by atoms with Gasteiger partial charge >= 0.3 is 0 Å². The van der Waals surface area contributed by atoms with Crippen LogP contribution in [0.2, 0.25) is 5.02 Å². The van der Waals surface area contributed by atoms with Crippen LogP contribution < -0.4 is 19.7 Å². The van der Waals surface area contributed by atoms with E-state index in [1.54, 1.807) is 0 Å². The summed E-state index contributed by atoms with van der Waals surface area (Å²) in [7, 11) is 0.